The first-order valence-corrected chi connectivity index (χ1v) is 8.49. The molecule has 1 aliphatic heterocycles. The Morgan fingerprint density at radius 2 is 2.13 bits per heavy atom. The van der Waals surface area contributed by atoms with Gasteiger partial charge in [-0.25, -0.2) is 4.98 Å². The molecular formula is C18H24N4O. The summed E-state index contributed by atoms with van der Waals surface area (Å²) in [4.78, 5) is 21.2. The molecule has 0 N–H and O–H groups in total. The summed E-state index contributed by atoms with van der Waals surface area (Å²) in [5.41, 5.74) is 1.53. The molecule has 1 aliphatic carbocycles. The van der Waals surface area contributed by atoms with Gasteiger partial charge in [0.2, 0.25) is 5.91 Å². The Morgan fingerprint density at radius 1 is 1.35 bits per heavy atom. The average molecular weight is 312 g/mol. The van der Waals surface area contributed by atoms with E-state index in [4.69, 9.17) is 0 Å². The zero-order chi connectivity index (χ0) is 16.4. The number of carbonyl (C=O) groups is 1. The van der Waals surface area contributed by atoms with Gasteiger partial charge in [0.1, 0.15) is 11.9 Å². The highest BCUT2D eigenvalue weighted by Crippen LogP contribution is 2.30. The van der Waals surface area contributed by atoms with Gasteiger partial charge in [-0.2, -0.15) is 5.26 Å². The van der Waals surface area contributed by atoms with Crippen LogP contribution in [-0.4, -0.2) is 42.0 Å². The highest BCUT2D eigenvalue weighted by Gasteiger charge is 2.33. The molecule has 122 valence electrons. The Labute approximate surface area is 137 Å². The number of carbonyl (C=O) groups excluding carboxylic acids is 1. The van der Waals surface area contributed by atoms with E-state index in [1.165, 1.54) is 6.42 Å². The molecule has 5 nitrogen and oxygen atoms in total. The summed E-state index contributed by atoms with van der Waals surface area (Å²) < 4.78 is 0. The highest BCUT2D eigenvalue weighted by atomic mass is 16.2. The fourth-order valence-electron chi connectivity index (χ4n) is 3.46. The summed E-state index contributed by atoms with van der Waals surface area (Å²) in [7, 11) is 1.93. The highest BCUT2D eigenvalue weighted by molar-refractivity contribution is 5.79. The van der Waals surface area contributed by atoms with E-state index < -0.39 is 0 Å². The number of nitriles is 1. The maximum Gasteiger partial charge on any atom is 0.225 e. The Kier molecular flexibility index (Phi) is 4.51. The third-order valence-corrected chi connectivity index (χ3v) is 5.18. The van der Waals surface area contributed by atoms with Crippen molar-refractivity contribution in [1.82, 2.24) is 9.88 Å². The second-order valence-electron chi connectivity index (χ2n) is 6.75. The van der Waals surface area contributed by atoms with E-state index in [0.29, 0.717) is 11.5 Å². The summed E-state index contributed by atoms with van der Waals surface area (Å²) >= 11 is 0. The van der Waals surface area contributed by atoms with Gasteiger partial charge in [0.25, 0.3) is 0 Å². The molecule has 23 heavy (non-hydrogen) atoms. The molecule has 2 heterocycles. The third kappa shape index (κ3) is 3.17. The summed E-state index contributed by atoms with van der Waals surface area (Å²) in [6.45, 7) is 3.60. The maximum atomic E-state index is 12.5. The van der Waals surface area contributed by atoms with Gasteiger partial charge in [-0.1, -0.05) is 6.42 Å². The molecule has 0 spiro atoms. The number of aryl methyl sites for hydroxylation is 1. The number of pyridine rings is 1. The molecule has 1 saturated heterocycles. The Bertz CT molecular complexity index is 632. The molecule has 1 atom stereocenters. The van der Waals surface area contributed by atoms with E-state index >= 15 is 0 Å². The predicted octanol–water partition coefficient (Wildman–Crippen LogP) is 2.49. The predicted molar refractivity (Wildman–Crippen MR) is 89.0 cm³/mol. The van der Waals surface area contributed by atoms with Crippen LogP contribution in [0.1, 0.15) is 43.4 Å². The lowest BCUT2D eigenvalue weighted by Crippen LogP contribution is -2.51. The molecule has 5 heteroatoms. The van der Waals surface area contributed by atoms with Crippen LogP contribution in [0.3, 0.4) is 0 Å². The van der Waals surface area contributed by atoms with Crippen LogP contribution in [0, 0.1) is 24.2 Å². The van der Waals surface area contributed by atoms with Crippen LogP contribution in [0.15, 0.2) is 12.1 Å². The van der Waals surface area contributed by atoms with Crippen molar-refractivity contribution in [3.8, 4) is 6.07 Å². The van der Waals surface area contributed by atoms with Gasteiger partial charge in [0.05, 0.1) is 5.56 Å². The SMILES string of the molecule is Cc1ccc(C#N)c(N2CCCC(N(C)C(=O)C3CCC3)C2)n1. The van der Waals surface area contributed by atoms with E-state index in [-0.39, 0.29) is 12.0 Å². The fraction of sp³-hybridized carbons (Fsp3) is 0.611. The number of amides is 1. The van der Waals surface area contributed by atoms with Gasteiger partial charge in [-0.15, -0.1) is 0 Å². The van der Waals surface area contributed by atoms with Crippen LogP contribution in [0.4, 0.5) is 5.82 Å². The quantitative estimate of drug-likeness (QED) is 0.860. The minimum Gasteiger partial charge on any atom is -0.353 e. The number of hydrogen-bond acceptors (Lipinski definition) is 4. The topological polar surface area (TPSA) is 60.2 Å². The molecule has 0 radical (unpaired) electrons. The molecule has 1 unspecified atom stereocenters. The molecule has 1 amide bonds. The average Bonchev–Trinajstić information content (AvgIpc) is 2.52. The summed E-state index contributed by atoms with van der Waals surface area (Å²) in [5, 5.41) is 9.33. The van der Waals surface area contributed by atoms with Gasteiger partial charge in [0.15, 0.2) is 0 Å². The number of hydrogen-bond donors (Lipinski definition) is 0. The zero-order valence-electron chi connectivity index (χ0n) is 14.0. The first kappa shape index (κ1) is 15.8. The van der Waals surface area contributed by atoms with Gasteiger partial charge in [0, 0.05) is 37.8 Å². The first-order valence-electron chi connectivity index (χ1n) is 8.49. The van der Waals surface area contributed by atoms with Crippen LogP contribution in [0.2, 0.25) is 0 Å². The fourth-order valence-corrected chi connectivity index (χ4v) is 3.46. The minimum absolute atomic E-state index is 0.214. The minimum atomic E-state index is 0.214. The molecule has 0 bridgehead atoms. The normalized spacial score (nSPS) is 21.4. The van der Waals surface area contributed by atoms with Crippen molar-refractivity contribution in [2.24, 2.45) is 5.92 Å². The van der Waals surface area contributed by atoms with Crippen molar-refractivity contribution < 1.29 is 4.79 Å². The number of anilines is 1. The van der Waals surface area contributed by atoms with Crippen molar-refractivity contribution in [2.75, 3.05) is 25.0 Å². The number of rotatable bonds is 3. The van der Waals surface area contributed by atoms with Crippen LogP contribution < -0.4 is 4.90 Å². The third-order valence-electron chi connectivity index (χ3n) is 5.18. The van der Waals surface area contributed by atoms with Crippen LogP contribution in [0.25, 0.3) is 0 Å². The van der Waals surface area contributed by atoms with Crippen LogP contribution in [-0.2, 0) is 4.79 Å². The van der Waals surface area contributed by atoms with Crippen molar-refractivity contribution in [3.63, 3.8) is 0 Å². The summed E-state index contributed by atoms with van der Waals surface area (Å²) in [6.07, 6.45) is 5.31. The Balaban J connectivity index is 1.74. The Morgan fingerprint density at radius 3 is 2.78 bits per heavy atom. The second-order valence-corrected chi connectivity index (χ2v) is 6.75. The van der Waals surface area contributed by atoms with Gasteiger partial charge < -0.3 is 9.80 Å². The summed E-state index contributed by atoms with van der Waals surface area (Å²) in [6, 6.07) is 6.16. The largest absolute Gasteiger partial charge is 0.353 e. The summed E-state index contributed by atoms with van der Waals surface area (Å²) in [5.74, 6) is 1.30. The molecule has 1 aromatic heterocycles. The van der Waals surface area contributed by atoms with Crippen LogP contribution >= 0.6 is 0 Å². The van der Waals surface area contributed by atoms with E-state index in [2.05, 4.69) is 16.0 Å². The van der Waals surface area contributed by atoms with E-state index in [9.17, 15) is 10.1 Å². The van der Waals surface area contributed by atoms with Crippen molar-refractivity contribution in [3.05, 3.63) is 23.4 Å². The lowest BCUT2D eigenvalue weighted by atomic mass is 9.84. The zero-order valence-corrected chi connectivity index (χ0v) is 14.0. The lowest BCUT2D eigenvalue weighted by molar-refractivity contribution is -0.139. The van der Waals surface area contributed by atoms with E-state index in [1.807, 2.05) is 31.0 Å². The van der Waals surface area contributed by atoms with Crippen molar-refractivity contribution >= 4 is 11.7 Å². The van der Waals surface area contributed by atoms with Crippen LogP contribution in [0.5, 0.6) is 0 Å². The first-order chi connectivity index (χ1) is 11.1. The molecule has 2 fully saturated rings. The number of aromatic nitrogens is 1. The molecule has 3 rings (SSSR count). The lowest BCUT2D eigenvalue weighted by Gasteiger charge is -2.40. The molecular weight excluding hydrogens is 288 g/mol. The van der Waals surface area contributed by atoms with Gasteiger partial charge in [-0.05, 0) is 44.7 Å². The number of nitrogens with zero attached hydrogens (tertiary/aromatic N) is 4. The molecule has 1 saturated carbocycles. The Hall–Kier alpha value is -2.09. The maximum absolute atomic E-state index is 12.5. The number of likely N-dealkylation sites (N-methyl/N-ethyl adjacent to an activating group) is 1. The molecule has 0 aromatic carbocycles. The molecule has 1 aromatic rings. The monoisotopic (exact) mass is 312 g/mol. The standard InChI is InChI=1S/C18H24N4O/c1-13-8-9-15(11-19)17(20-13)22-10-4-7-16(12-22)21(2)18(23)14-5-3-6-14/h8-9,14,16H,3-7,10,12H2,1-2H3. The van der Waals surface area contributed by atoms with Gasteiger partial charge in [-0.3, -0.25) is 4.79 Å². The second kappa shape index (κ2) is 6.57. The molecule has 2 aliphatic rings. The number of piperidine rings is 1. The van der Waals surface area contributed by atoms with E-state index in [1.54, 1.807) is 0 Å². The van der Waals surface area contributed by atoms with Crippen molar-refractivity contribution in [2.45, 2.75) is 45.1 Å². The van der Waals surface area contributed by atoms with Gasteiger partial charge >= 0.3 is 0 Å². The van der Waals surface area contributed by atoms with E-state index in [0.717, 1.165) is 50.3 Å². The van der Waals surface area contributed by atoms with Crippen molar-refractivity contribution in [1.29, 1.82) is 5.26 Å². The smallest absolute Gasteiger partial charge is 0.225 e.